The lowest BCUT2D eigenvalue weighted by molar-refractivity contribution is 0.365. The van der Waals surface area contributed by atoms with Crippen LogP contribution in [0.25, 0.3) is 0 Å². The minimum Gasteiger partial charge on any atom is -0.369 e. The maximum atomic E-state index is 5.56. The summed E-state index contributed by atoms with van der Waals surface area (Å²) in [5.74, 6) is 0.891. The van der Waals surface area contributed by atoms with Gasteiger partial charge in [0.05, 0.1) is 4.47 Å². The normalized spacial score (nSPS) is 11.5. The van der Waals surface area contributed by atoms with Gasteiger partial charge < -0.3 is 11.1 Å². The Labute approximate surface area is 99.6 Å². The van der Waals surface area contributed by atoms with Gasteiger partial charge in [0.25, 0.3) is 0 Å². The van der Waals surface area contributed by atoms with E-state index in [9.17, 15) is 0 Å². The number of aromatic nitrogens is 1. The number of anilines is 1. The van der Waals surface area contributed by atoms with E-state index in [2.05, 4.69) is 40.1 Å². The van der Waals surface area contributed by atoms with Gasteiger partial charge in [0.2, 0.25) is 0 Å². The molecular weight excluding hydrogens is 254 g/mol. The topological polar surface area (TPSA) is 50.9 Å². The van der Waals surface area contributed by atoms with Gasteiger partial charge in [-0.2, -0.15) is 0 Å². The summed E-state index contributed by atoms with van der Waals surface area (Å²) in [4.78, 5) is 4.25. The monoisotopic (exact) mass is 271 g/mol. The molecule has 4 heteroatoms. The van der Waals surface area contributed by atoms with Gasteiger partial charge >= 0.3 is 0 Å². The molecule has 0 saturated carbocycles. The number of rotatable bonds is 5. The second-order valence-corrected chi connectivity index (χ2v) is 5.24. The van der Waals surface area contributed by atoms with E-state index in [1.807, 2.05) is 12.1 Å². The van der Waals surface area contributed by atoms with Gasteiger partial charge in [0.1, 0.15) is 5.82 Å². The molecule has 0 radical (unpaired) electrons. The molecule has 0 unspecified atom stereocenters. The van der Waals surface area contributed by atoms with E-state index < -0.39 is 0 Å². The SMILES string of the molecule is CC(C)(CCN)CNc1ncccc1Br. The Balaban J connectivity index is 2.53. The predicted octanol–water partition coefficient (Wildman–Crippen LogP) is 2.63. The molecule has 0 aromatic carbocycles. The van der Waals surface area contributed by atoms with Crippen molar-refractivity contribution < 1.29 is 0 Å². The summed E-state index contributed by atoms with van der Waals surface area (Å²) < 4.78 is 0.994. The number of halogens is 1. The van der Waals surface area contributed by atoms with E-state index in [0.29, 0.717) is 0 Å². The van der Waals surface area contributed by atoms with Gasteiger partial charge in [0.15, 0.2) is 0 Å². The van der Waals surface area contributed by atoms with Crippen molar-refractivity contribution in [3.63, 3.8) is 0 Å². The Morgan fingerprint density at radius 3 is 2.87 bits per heavy atom. The van der Waals surface area contributed by atoms with Gasteiger partial charge in [-0.3, -0.25) is 0 Å². The average molecular weight is 272 g/mol. The molecular formula is C11H18BrN3. The van der Waals surface area contributed by atoms with Gasteiger partial charge in [-0.1, -0.05) is 13.8 Å². The first-order valence-electron chi connectivity index (χ1n) is 5.10. The Hall–Kier alpha value is -0.610. The third-order valence-electron chi connectivity index (χ3n) is 2.31. The number of nitrogens with one attached hydrogen (secondary N) is 1. The minimum atomic E-state index is 0.200. The van der Waals surface area contributed by atoms with Crippen LogP contribution in [0.5, 0.6) is 0 Å². The molecule has 1 aromatic rings. The Morgan fingerprint density at radius 1 is 1.53 bits per heavy atom. The zero-order valence-electron chi connectivity index (χ0n) is 9.26. The van der Waals surface area contributed by atoms with Gasteiger partial charge in [-0.05, 0) is 46.4 Å². The largest absolute Gasteiger partial charge is 0.369 e. The molecule has 0 amide bonds. The first kappa shape index (κ1) is 12.5. The summed E-state index contributed by atoms with van der Waals surface area (Å²) in [6, 6.07) is 3.88. The lowest BCUT2D eigenvalue weighted by Gasteiger charge is -2.24. The molecule has 0 bridgehead atoms. The van der Waals surface area contributed by atoms with Gasteiger partial charge in [-0.25, -0.2) is 4.98 Å². The molecule has 0 fully saturated rings. The zero-order chi connectivity index (χ0) is 11.3. The van der Waals surface area contributed by atoms with Crippen molar-refractivity contribution in [2.75, 3.05) is 18.4 Å². The predicted molar refractivity (Wildman–Crippen MR) is 67.9 cm³/mol. The van der Waals surface area contributed by atoms with Gasteiger partial charge in [0, 0.05) is 12.7 Å². The van der Waals surface area contributed by atoms with Crippen LogP contribution in [0.4, 0.5) is 5.82 Å². The summed E-state index contributed by atoms with van der Waals surface area (Å²) in [6.45, 7) is 5.99. The molecule has 0 atom stereocenters. The number of hydrogen-bond donors (Lipinski definition) is 2. The quantitative estimate of drug-likeness (QED) is 0.866. The maximum Gasteiger partial charge on any atom is 0.140 e. The third-order valence-corrected chi connectivity index (χ3v) is 2.95. The molecule has 1 aromatic heterocycles. The van der Waals surface area contributed by atoms with E-state index >= 15 is 0 Å². The summed E-state index contributed by atoms with van der Waals surface area (Å²) in [6.07, 6.45) is 2.79. The number of pyridine rings is 1. The molecule has 0 spiro atoms. The highest BCUT2D eigenvalue weighted by molar-refractivity contribution is 9.10. The minimum absolute atomic E-state index is 0.200. The van der Waals surface area contributed by atoms with Gasteiger partial charge in [-0.15, -0.1) is 0 Å². The Bertz CT molecular complexity index is 312. The molecule has 3 nitrogen and oxygen atoms in total. The second-order valence-electron chi connectivity index (χ2n) is 4.39. The van der Waals surface area contributed by atoms with Crippen LogP contribution in [0.3, 0.4) is 0 Å². The fourth-order valence-electron chi connectivity index (χ4n) is 1.32. The molecule has 15 heavy (non-hydrogen) atoms. The van der Waals surface area contributed by atoms with Crippen molar-refractivity contribution in [3.8, 4) is 0 Å². The van der Waals surface area contributed by atoms with Crippen LogP contribution in [0.1, 0.15) is 20.3 Å². The Kier molecular flexibility index (Phi) is 4.54. The van der Waals surface area contributed by atoms with Crippen molar-refractivity contribution >= 4 is 21.7 Å². The first-order chi connectivity index (χ1) is 7.05. The maximum absolute atomic E-state index is 5.56. The van der Waals surface area contributed by atoms with Crippen LogP contribution in [-0.2, 0) is 0 Å². The van der Waals surface area contributed by atoms with E-state index in [0.717, 1.165) is 29.8 Å². The van der Waals surface area contributed by atoms with E-state index in [1.54, 1.807) is 6.20 Å². The van der Waals surface area contributed by atoms with Crippen LogP contribution < -0.4 is 11.1 Å². The van der Waals surface area contributed by atoms with Crippen molar-refractivity contribution in [3.05, 3.63) is 22.8 Å². The van der Waals surface area contributed by atoms with E-state index in [-0.39, 0.29) is 5.41 Å². The van der Waals surface area contributed by atoms with Crippen molar-refractivity contribution in [1.29, 1.82) is 0 Å². The highest BCUT2D eigenvalue weighted by Gasteiger charge is 2.16. The van der Waals surface area contributed by atoms with Crippen molar-refractivity contribution in [1.82, 2.24) is 4.98 Å². The highest BCUT2D eigenvalue weighted by Crippen LogP contribution is 2.23. The summed E-state index contributed by atoms with van der Waals surface area (Å²) in [5, 5.41) is 3.32. The number of nitrogens with two attached hydrogens (primary N) is 1. The van der Waals surface area contributed by atoms with Crippen molar-refractivity contribution in [2.45, 2.75) is 20.3 Å². The summed E-state index contributed by atoms with van der Waals surface area (Å²) in [7, 11) is 0. The summed E-state index contributed by atoms with van der Waals surface area (Å²) in [5.41, 5.74) is 5.76. The molecule has 0 aliphatic carbocycles. The molecule has 0 aliphatic rings. The standard InChI is InChI=1S/C11H18BrN3/c1-11(2,5-6-13)8-15-10-9(12)4-3-7-14-10/h3-4,7H,5-6,8,13H2,1-2H3,(H,14,15). The highest BCUT2D eigenvalue weighted by atomic mass is 79.9. The molecule has 1 heterocycles. The van der Waals surface area contributed by atoms with Crippen LogP contribution in [0.2, 0.25) is 0 Å². The molecule has 84 valence electrons. The molecule has 3 N–H and O–H groups in total. The van der Waals surface area contributed by atoms with Crippen LogP contribution in [-0.4, -0.2) is 18.1 Å². The average Bonchev–Trinajstić information content (AvgIpc) is 2.16. The third kappa shape index (κ3) is 4.18. The second kappa shape index (κ2) is 5.47. The van der Waals surface area contributed by atoms with Crippen molar-refractivity contribution in [2.24, 2.45) is 11.1 Å². The molecule has 1 rings (SSSR count). The summed E-state index contributed by atoms with van der Waals surface area (Å²) >= 11 is 3.45. The molecule has 0 aliphatic heterocycles. The number of nitrogens with zero attached hydrogens (tertiary/aromatic N) is 1. The van der Waals surface area contributed by atoms with Crippen LogP contribution >= 0.6 is 15.9 Å². The van der Waals surface area contributed by atoms with E-state index in [1.165, 1.54) is 0 Å². The van der Waals surface area contributed by atoms with E-state index in [4.69, 9.17) is 5.73 Å². The molecule has 0 saturated heterocycles. The lowest BCUT2D eigenvalue weighted by Crippen LogP contribution is -2.26. The van der Waals surface area contributed by atoms with Crippen LogP contribution in [0, 0.1) is 5.41 Å². The Morgan fingerprint density at radius 2 is 2.27 bits per heavy atom. The number of hydrogen-bond acceptors (Lipinski definition) is 3. The van der Waals surface area contributed by atoms with Crippen LogP contribution in [0.15, 0.2) is 22.8 Å². The zero-order valence-corrected chi connectivity index (χ0v) is 10.8. The fourth-order valence-corrected chi connectivity index (χ4v) is 1.71. The smallest absolute Gasteiger partial charge is 0.140 e. The first-order valence-corrected chi connectivity index (χ1v) is 5.89. The lowest BCUT2D eigenvalue weighted by atomic mass is 9.89. The fraction of sp³-hybridized carbons (Fsp3) is 0.545.